The molecule has 0 unspecified atom stereocenters. The zero-order valence-electron chi connectivity index (χ0n) is 7.58. The first-order chi connectivity index (χ1) is 6.58. The molecule has 0 fully saturated rings. The van der Waals surface area contributed by atoms with Crippen LogP contribution in [0.4, 0.5) is 10.1 Å². The maximum Gasteiger partial charge on any atom is 0.231 e. The van der Waals surface area contributed by atoms with Crippen molar-refractivity contribution in [3.63, 3.8) is 0 Å². The van der Waals surface area contributed by atoms with Gasteiger partial charge in [-0.25, -0.2) is 4.98 Å². The molecule has 1 amide bonds. The number of nitrogens with one attached hydrogen (secondary N) is 1. The van der Waals surface area contributed by atoms with Gasteiger partial charge >= 0.3 is 0 Å². The summed E-state index contributed by atoms with van der Waals surface area (Å²) < 4.78 is 12.6. The lowest BCUT2D eigenvalue weighted by Gasteiger charge is -2.02. The van der Waals surface area contributed by atoms with Crippen LogP contribution in [0.3, 0.4) is 0 Å². The first-order valence-corrected chi connectivity index (χ1v) is 3.99. The van der Waals surface area contributed by atoms with Crippen molar-refractivity contribution in [3.05, 3.63) is 24.3 Å². The van der Waals surface area contributed by atoms with E-state index in [0.29, 0.717) is 5.69 Å². The lowest BCUT2D eigenvalue weighted by molar-refractivity contribution is -0.124. The van der Waals surface area contributed by atoms with Crippen LogP contribution >= 0.6 is 0 Å². The number of carbonyl (C=O) groups is 2. The number of Topliss-reactive ketones (excluding diaryl/α,β-unsaturated/α-hetero) is 1. The molecule has 0 aliphatic heterocycles. The molecule has 1 aromatic rings. The summed E-state index contributed by atoms with van der Waals surface area (Å²) in [6.07, 6.45) is 1.03. The number of amides is 1. The molecule has 14 heavy (non-hydrogen) atoms. The molecule has 1 rings (SSSR count). The van der Waals surface area contributed by atoms with Crippen LogP contribution in [0.15, 0.2) is 18.3 Å². The molecule has 0 saturated carbocycles. The zero-order valence-corrected chi connectivity index (χ0v) is 7.58. The Labute approximate surface area is 80.1 Å². The second kappa shape index (κ2) is 4.45. The van der Waals surface area contributed by atoms with Crippen molar-refractivity contribution in [2.75, 3.05) is 5.32 Å². The second-order valence-electron chi connectivity index (χ2n) is 2.79. The molecule has 0 bridgehead atoms. The van der Waals surface area contributed by atoms with Crippen molar-refractivity contribution < 1.29 is 14.0 Å². The normalized spacial score (nSPS) is 9.57. The Morgan fingerprint density at radius 2 is 2.29 bits per heavy atom. The van der Waals surface area contributed by atoms with E-state index in [-0.39, 0.29) is 12.2 Å². The third-order valence-electron chi connectivity index (χ3n) is 1.42. The van der Waals surface area contributed by atoms with Gasteiger partial charge < -0.3 is 5.32 Å². The Kier molecular flexibility index (Phi) is 3.28. The monoisotopic (exact) mass is 196 g/mol. The number of anilines is 1. The van der Waals surface area contributed by atoms with Gasteiger partial charge in [0.25, 0.3) is 0 Å². The highest BCUT2D eigenvalue weighted by atomic mass is 19.1. The van der Waals surface area contributed by atoms with E-state index in [1.165, 1.54) is 19.2 Å². The minimum absolute atomic E-state index is 0.204. The van der Waals surface area contributed by atoms with E-state index in [4.69, 9.17) is 0 Å². The molecule has 0 saturated heterocycles. The molecule has 1 aromatic heterocycles. The first kappa shape index (κ1) is 10.3. The van der Waals surface area contributed by atoms with Gasteiger partial charge in [-0.2, -0.15) is 4.39 Å². The van der Waals surface area contributed by atoms with Gasteiger partial charge in [0.05, 0.1) is 6.42 Å². The van der Waals surface area contributed by atoms with Crippen molar-refractivity contribution in [2.45, 2.75) is 13.3 Å². The number of hydrogen-bond acceptors (Lipinski definition) is 3. The fourth-order valence-electron chi connectivity index (χ4n) is 0.912. The van der Waals surface area contributed by atoms with Gasteiger partial charge in [0, 0.05) is 18.0 Å². The Morgan fingerprint density at radius 3 is 2.86 bits per heavy atom. The summed E-state index contributed by atoms with van der Waals surface area (Å²) in [6, 6.07) is 2.53. The maximum atomic E-state index is 12.6. The third-order valence-corrected chi connectivity index (χ3v) is 1.42. The van der Waals surface area contributed by atoms with Gasteiger partial charge in [0.1, 0.15) is 5.78 Å². The number of halogens is 1. The molecule has 4 nitrogen and oxygen atoms in total. The summed E-state index contributed by atoms with van der Waals surface area (Å²) >= 11 is 0. The van der Waals surface area contributed by atoms with Crippen LogP contribution in [0.1, 0.15) is 13.3 Å². The van der Waals surface area contributed by atoms with Gasteiger partial charge in [-0.15, -0.1) is 0 Å². The number of hydrogen-bond donors (Lipinski definition) is 1. The molecular formula is C9H9FN2O2. The molecule has 5 heteroatoms. The van der Waals surface area contributed by atoms with Gasteiger partial charge in [0.15, 0.2) is 0 Å². The van der Waals surface area contributed by atoms with Crippen LogP contribution in [-0.4, -0.2) is 16.7 Å². The summed E-state index contributed by atoms with van der Waals surface area (Å²) in [6.45, 7) is 1.31. The summed E-state index contributed by atoms with van der Waals surface area (Å²) in [5, 5.41) is 2.37. The van der Waals surface area contributed by atoms with E-state index >= 15 is 0 Å². The number of pyridine rings is 1. The van der Waals surface area contributed by atoms with E-state index in [1.807, 2.05) is 0 Å². The van der Waals surface area contributed by atoms with Crippen molar-refractivity contribution in [3.8, 4) is 0 Å². The lowest BCUT2D eigenvalue weighted by Crippen LogP contribution is -2.14. The van der Waals surface area contributed by atoms with Gasteiger partial charge in [-0.1, -0.05) is 0 Å². The topological polar surface area (TPSA) is 59.1 Å². The van der Waals surface area contributed by atoms with Crippen molar-refractivity contribution in [1.82, 2.24) is 4.98 Å². The van der Waals surface area contributed by atoms with Crippen LogP contribution < -0.4 is 5.32 Å². The highest BCUT2D eigenvalue weighted by Crippen LogP contribution is 2.06. The predicted molar refractivity (Wildman–Crippen MR) is 48.1 cm³/mol. The second-order valence-corrected chi connectivity index (χ2v) is 2.79. The molecule has 0 atom stereocenters. The summed E-state index contributed by atoms with van der Waals surface area (Å²) in [5.41, 5.74) is 0.295. The average Bonchev–Trinajstić information content (AvgIpc) is 2.01. The lowest BCUT2D eigenvalue weighted by atomic mass is 10.3. The smallest absolute Gasteiger partial charge is 0.231 e. The van der Waals surface area contributed by atoms with E-state index in [0.717, 1.165) is 6.07 Å². The summed E-state index contributed by atoms with van der Waals surface area (Å²) in [4.78, 5) is 24.9. The summed E-state index contributed by atoms with van der Waals surface area (Å²) in [7, 11) is 0. The number of carbonyl (C=O) groups excluding carboxylic acids is 2. The van der Waals surface area contributed by atoms with Gasteiger partial charge in [-0.05, 0) is 13.0 Å². The van der Waals surface area contributed by atoms with Crippen LogP contribution in [-0.2, 0) is 9.59 Å². The van der Waals surface area contributed by atoms with Crippen molar-refractivity contribution in [1.29, 1.82) is 0 Å². The number of aromatic nitrogens is 1. The standard InChI is InChI=1S/C9H9FN2O2/c1-6(13)4-9(14)12-7-2-3-11-8(10)5-7/h2-3,5H,4H2,1H3,(H,11,12,14). The van der Waals surface area contributed by atoms with Crippen LogP contribution in [0, 0.1) is 5.95 Å². The van der Waals surface area contributed by atoms with Crippen LogP contribution in [0.2, 0.25) is 0 Å². The molecule has 0 aliphatic carbocycles. The molecule has 1 N–H and O–H groups in total. The SMILES string of the molecule is CC(=O)CC(=O)Nc1ccnc(F)c1. The van der Waals surface area contributed by atoms with E-state index in [2.05, 4.69) is 10.3 Å². The molecule has 1 heterocycles. The zero-order chi connectivity index (χ0) is 10.6. The first-order valence-electron chi connectivity index (χ1n) is 3.99. The van der Waals surface area contributed by atoms with Gasteiger partial charge in [-0.3, -0.25) is 9.59 Å². The van der Waals surface area contributed by atoms with Crippen LogP contribution in [0.25, 0.3) is 0 Å². The van der Waals surface area contributed by atoms with Gasteiger partial charge in [0.2, 0.25) is 11.9 Å². The Morgan fingerprint density at radius 1 is 1.57 bits per heavy atom. The molecule has 0 aliphatic rings. The third kappa shape index (κ3) is 3.30. The Balaban J connectivity index is 2.60. The highest BCUT2D eigenvalue weighted by molar-refractivity contribution is 6.03. The fourth-order valence-corrected chi connectivity index (χ4v) is 0.912. The largest absolute Gasteiger partial charge is 0.325 e. The Bertz CT molecular complexity index is 366. The highest BCUT2D eigenvalue weighted by Gasteiger charge is 2.05. The fraction of sp³-hybridized carbons (Fsp3) is 0.222. The molecule has 0 aromatic carbocycles. The number of rotatable bonds is 3. The molecule has 0 radical (unpaired) electrons. The quantitative estimate of drug-likeness (QED) is 0.582. The van der Waals surface area contributed by atoms with E-state index in [9.17, 15) is 14.0 Å². The number of ketones is 1. The number of nitrogens with zero attached hydrogens (tertiary/aromatic N) is 1. The van der Waals surface area contributed by atoms with Crippen molar-refractivity contribution >= 4 is 17.4 Å². The average molecular weight is 196 g/mol. The predicted octanol–water partition coefficient (Wildman–Crippen LogP) is 1.14. The molecular weight excluding hydrogens is 187 g/mol. The minimum atomic E-state index is -0.675. The van der Waals surface area contributed by atoms with Crippen LogP contribution in [0.5, 0.6) is 0 Å². The molecule has 0 spiro atoms. The minimum Gasteiger partial charge on any atom is -0.325 e. The van der Waals surface area contributed by atoms with Crippen molar-refractivity contribution in [2.24, 2.45) is 0 Å². The Hall–Kier alpha value is -1.78. The summed E-state index contributed by atoms with van der Waals surface area (Å²) in [5.74, 6) is -1.37. The molecule has 74 valence electrons. The van der Waals surface area contributed by atoms with E-state index < -0.39 is 11.9 Å². The maximum absolute atomic E-state index is 12.6. The van der Waals surface area contributed by atoms with E-state index in [1.54, 1.807) is 0 Å².